The molecule has 4 nitrogen and oxygen atoms in total. The molecule has 2 rings (SSSR count). The summed E-state index contributed by atoms with van der Waals surface area (Å²) in [6.07, 6.45) is 1.54. The van der Waals surface area contributed by atoms with E-state index in [4.69, 9.17) is 0 Å². The molecular weight excluding hydrogens is 284 g/mol. The molecule has 5 heteroatoms. The molecule has 0 aliphatic rings. The Morgan fingerprint density at radius 1 is 0.952 bits per heavy atom. The first kappa shape index (κ1) is 15.3. The second-order valence-corrected chi connectivity index (χ2v) is 6.63. The minimum Gasteiger partial charge on any atom is -0.200 e. The van der Waals surface area contributed by atoms with E-state index in [2.05, 4.69) is 9.93 Å². The monoisotopic (exact) mass is 302 g/mol. The average molecular weight is 302 g/mol. The molecular formula is C16H18N2O2S. The predicted octanol–water partition coefficient (Wildman–Crippen LogP) is 2.92. The lowest BCUT2D eigenvalue weighted by molar-refractivity contribution is 0.584. The van der Waals surface area contributed by atoms with Crippen LogP contribution < -0.4 is 4.83 Å². The number of nitrogens with one attached hydrogen (secondary N) is 1. The van der Waals surface area contributed by atoms with Crippen LogP contribution in [0.2, 0.25) is 0 Å². The third-order valence-electron chi connectivity index (χ3n) is 3.24. The first-order chi connectivity index (χ1) is 9.90. The summed E-state index contributed by atoms with van der Waals surface area (Å²) >= 11 is 0. The van der Waals surface area contributed by atoms with Crippen LogP contribution >= 0.6 is 0 Å². The Balaban J connectivity index is 2.19. The molecule has 0 saturated heterocycles. The number of sulfonamides is 1. The SMILES string of the molecule is Cc1ccc(S(=O)(=O)NN=Cc2c(C)cccc2C)cc1. The topological polar surface area (TPSA) is 58.5 Å². The van der Waals surface area contributed by atoms with Gasteiger partial charge in [-0.25, -0.2) is 4.83 Å². The van der Waals surface area contributed by atoms with E-state index in [1.54, 1.807) is 24.3 Å². The van der Waals surface area contributed by atoms with Crippen molar-refractivity contribution in [2.24, 2.45) is 5.10 Å². The molecule has 1 N–H and O–H groups in total. The van der Waals surface area contributed by atoms with E-state index in [-0.39, 0.29) is 4.90 Å². The molecule has 0 unspecified atom stereocenters. The van der Waals surface area contributed by atoms with E-state index in [0.29, 0.717) is 0 Å². The van der Waals surface area contributed by atoms with Crippen LogP contribution in [-0.4, -0.2) is 14.6 Å². The fourth-order valence-corrected chi connectivity index (χ4v) is 2.75. The summed E-state index contributed by atoms with van der Waals surface area (Å²) in [7, 11) is -3.62. The van der Waals surface area contributed by atoms with Gasteiger partial charge in [-0.05, 0) is 44.0 Å². The van der Waals surface area contributed by atoms with E-state index in [9.17, 15) is 8.42 Å². The van der Waals surface area contributed by atoms with Crippen molar-refractivity contribution in [2.75, 3.05) is 0 Å². The maximum absolute atomic E-state index is 12.1. The summed E-state index contributed by atoms with van der Waals surface area (Å²) in [4.78, 5) is 2.44. The van der Waals surface area contributed by atoms with Crippen LogP contribution in [0.15, 0.2) is 52.5 Å². The Labute approximate surface area is 125 Å². The number of nitrogens with zero attached hydrogens (tertiary/aromatic N) is 1. The van der Waals surface area contributed by atoms with Crippen molar-refractivity contribution in [2.45, 2.75) is 25.7 Å². The number of hydrazone groups is 1. The predicted molar refractivity (Wildman–Crippen MR) is 85.0 cm³/mol. The first-order valence-corrected chi connectivity index (χ1v) is 8.06. The summed E-state index contributed by atoms with van der Waals surface area (Å²) in [5.41, 5.74) is 4.03. The summed E-state index contributed by atoms with van der Waals surface area (Å²) in [6, 6.07) is 12.5. The lowest BCUT2D eigenvalue weighted by Crippen LogP contribution is -2.18. The van der Waals surface area contributed by atoms with Crippen molar-refractivity contribution in [3.05, 3.63) is 64.7 Å². The summed E-state index contributed by atoms with van der Waals surface area (Å²) in [6.45, 7) is 5.83. The fourth-order valence-electron chi connectivity index (χ4n) is 1.96. The van der Waals surface area contributed by atoms with E-state index in [1.807, 2.05) is 39.0 Å². The van der Waals surface area contributed by atoms with Gasteiger partial charge in [0.1, 0.15) is 0 Å². The molecule has 0 aliphatic heterocycles. The zero-order valence-corrected chi connectivity index (χ0v) is 13.1. The van der Waals surface area contributed by atoms with Gasteiger partial charge in [0.05, 0.1) is 11.1 Å². The molecule has 0 atom stereocenters. The lowest BCUT2D eigenvalue weighted by Gasteiger charge is -2.05. The van der Waals surface area contributed by atoms with Crippen LogP contribution in [0.4, 0.5) is 0 Å². The smallest absolute Gasteiger partial charge is 0.200 e. The fraction of sp³-hybridized carbons (Fsp3) is 0.188. The highest BCUT2D eigenvalue weighted by atomic mass is 32.2. The maximum atomic E-state index is 12.1. The zero-order chi connectivity index (χ0) is 15.5. The van der Waals surface area contributed by atoms with Crippen LogP contribution in [0, 0.1) is 20.8 Å². The zero-order valence-electron chi connectivity index (χ0n) is 12.3. The summed E-state index contributed by atoms with van der Waals surface area (Å²) < 4.78 is 24.2. The van der Waals surface area contributed by atoms with Gasteiger partial charge in [-0.15, -0.1) is 0 Å². The van der Waals surface area contributed by atoms with Crippen molar-refractivity contribution in [1.82, 2.24) is 4.83 Å². The Hall–Kier alpha value is -2.14. The van der Waals surface area contributed by atoms with Gasteiger partial charge in [0.25, 0.3) is 10.0 Å². The molecule has 0 radical (unpaired) electrons. The molecule has 0 aromatic heterocycles. The maximum Gasteiger partial charge on any atom is 0.276 e. The van der Waals surface area contributed by atoms with Crippen molar-refractivity contribution in [3.63, 3.8) is 0 Å². The molecule has 0 heterocycles. The van der Waals surface area contributed by atoms with Gasteiger partial charge in [-0.1, -0.05) is 35.9 Å². The van der Waals surface area contributed by atoms with E-state index in [0.717, 1.165) is 22.3 Å². The third-order valence-corrected chi connectivity index (χ3v) is 4.48. The van der Waals surface area contributed by atoms with Crippen LogP contribution in [0.3, 0.4) is 0 Å². The highest BCUT2D eigenvalue weighted by Gasteiger charge is 2.11. The number of aryl methyl sites for hydroxylation is 3. The number of benzene rings is 2. The Morgan fingerprint density at radius 3 is 2.10 bits per heavy atom. The van der Waals surface area contributed by atoms with Gasteiger partial charge < -0.3 is 0 Å². The third kappa shape index (κ3) is 3.70. The Morgan fingerprint density at radius 2 is 1.52 bits per heavy atom. The van der Waals surface area contributed by atoms with Gasteiger partial charge in [0.15, 0.2) is 0 Å². The van der Waals surface area contributed by atoms with Crippen LogP contribution in [0.25, 0.3) is 0 Å². The van der Waals surface area contributed by atoms with Gasteiger partial charge in [0.2, 0.25) is 0 Å². The molecule has 0 aliphatic carbocycles. The summed E-state index contributed by atoms with van der Waals surface area (Å²) in [5, 5.41) is 3.87. The quantitative estimate of drug-likeness (QED) is 0.697. The van der Waals surface area contributed by atoms with Crippen molar-refractivity contribution in [1.29, 1.82) is 0 Å². The van der Waals surface area contributed by atoms with Gasteiger partial charge in [-0.2, -0.15) is 13.5 Å². The molecule has 0 saturated carbocycles. The largest absolute Gasteiger partial charge is 0.276 e. The summed E-state index contributed by atoms with van der Waals surface area (Å²) in [5.74, 6) is 0. The highest BCUT2D eigenvalue weighted by molar-refractivity contribution is 7.89. The second kappa shape index (κ2) is 6.10. The minimum atomic E-state index is -3.62. The average Bonchev–Trinajstić information content (AvgIpc) is 2.42. The minimum absolute atomic E-state index is 0.201. The molecule has 0 spiro atoms. The second-order valence-electron chi connectivity index (χ2n) is 4.97. The van der Waals surface area contributed by atoms with Crippen molar-refractivity contribution < 1.29 is 8.42 Å². The Bertz CT molecular complexity index is 743. The molecule has 0 bridgehead atoms. The molecule has 2 aromatic carbocycles. The van der Waals surface area contributed by atoms with Gasteiger partial charge >= 0.3 is 0 Å². The van der Waals surface area contributed by atoms with Crippen LogP contribution in [-0.2, 0) is 10.0 Å². The molecule has 21 heavy (non-hydrogen) atoms. The van der Waals surface area contributed by atoms with Crippen molar-refractivity contribution in [3.8, 4) is 0 Å². The van der Waals surface area contributed by atoms with Crippen LogP contribution in [0.1, 0.15) is 22.3 Å². The number of rotatable bonds is 4. The van der Waals surface area contributed by atoms with E-state index in [1.165, 1.54) is 6.21 Å². The van der Waals surface area contributed by atoms with Gasteiger partial charge in [-0.3, -0.25) is 0 Å². The van der Waals surface area contributed by atoms with E-state index >= 15 is 0 Å². The van der Waals surface area contributed by atoms with Crippen LogP contribution in [0.5, 0.6) is 0 Å². The number of hydrogen-bond donors (Lipinski definition) is 1. The van der Waals surface area contributed by atoms with Crippen molar-refractivity contribution >= 4 is 16.2 Å². The van der Waals surface area contributed by atoms with E-state index < -0.39 is 10.0 Å². The Kier molecular flexibility index (Phi) is 4.43. The highest BCUT2D eigenvalue weighted by Crippen LogP contribution is 2.12. The lowest BCUT2D eigenvalue weighted by atomic mass is 10.0. The molecule has 0 amide bonds. The molecule has 110 valence electrons. The molecule has 0 fully saturated rings. The van der Waals surface area contributed by atoms with Gasteiger partial charge in [0, 0.05) is 5.56 Å². The number of hydrogen-bond acceptors (Lipinski definition) is 3. The normalized spacial score (nSPS) is 11.8. The standard InChI is InChI=1S/C16H18N2O2S/c1-12-7-9-15(10-8-12)21(19,20)18-17-11-16-13(2)5-4-6-14(16)3/h4-11,18H,1-3H3. The molecule has 2 aromatic rings. The first-order valence-electron chi connectivity index (χ1n) is 6.58.